The van der Waals surface area contributed by atoms with E-state index in [9.17, 15) is 14.0 Å². The normalized spacial score (nSPS) is 12.4. The number of anilines is 2. The maximum Gasteiger partial charge on any atom is 0.323 e. The molecule has 126 valence electrons. The summed E-state index contributed by atoms with van der Waals surface area (Å²) in [4.78, 5) is 21.9. The smallest absolute Gasteiger partial charge is 0.323 e. The highest BCUT2D eigenvalue weighted by atomic mass is 19.1. The molecule has 1 saturated carbocycles. The molecule has 24 heavy (non-hydrogen) atoms. The SMILES string of the molecule is COC(=O)C1CC1.O=C(Nc1ccccc1)Nc1ccc(F)cc1. The Bertz CT molecular complexity index is 670. The van der Waals surface area contributed by atoms with Crippen LogP contribution >= 0.6 is 0 Å². The average Bonchev–Trinajstić information content (AvgIpc) is 3.43. The van der Waals surface area contributed by atoms with Crippen molar-refractivity contribution in [3.05, 3.63) is 60.4 Å². The van der Waals surface area contributed by atoms with E-state index in [1.807, 2.05) is 18.2 Å². The van der Waals surface area contributed by atoms with Crippen LogP contribution in [0.1, 0.15) is 12.8 Å². The minimum Gasteiger partial charge on any atom is -0.469 e. The highest BCUT2D eigenvalue weighted by Gasteiger charge is 2.30. The van der Waals surface area contributed by atoms with Gasteiger partial charge in [-0.15, -0.1) is 0 Å². The zero-order valence-corrected chi connectivity index (χ0v) is 13.3. The first-order valence-electron chi connectivity index (χ1n) is 7.55. The Morgan fingerprint density at radius 1 is 0.958 bits per heavy atom. The van der Waals surface area contributed by atoms with Gasteiger partial charge in [0.25, 0.3) is 0 Å². The fraction of sp³-hybridized carbons (Fsp3) is 0.222. The molecule has 5 nitrogen and oxygen atoms in total. The maximum atomic E-state index is 12.6. The van der Waals surface area contributed by atoms with Crippen molar-refractivity contribution in [1.82, 2.24) is 0 Å². The van der Waals surface area contributed by atoms with Crippen LogP contribution in [0.2, 0.25) is 0 Å². The van der Waals surface area contributed by atoms with E-state index in [0.29, 0.717) is 11.4 Å². The first-order chi connectivity index (χ1) is 11.6. The first-order valence-corrected chi connectivity index (χ1v) is 7.55. The number of benzene rings is 2. The standard InChI is InChI=1S/C13H11FN2O.C5H8O2/c14-10-6-8-12(9-7-10)16-13(17)15-11-4-2-1-3-5-11;1-7-5(6)4-2-3-4/h1-9H,(H2,15,16,17);4H,2-3H2,1H3. The average molecular weight is 330 g/mol. The second-order valence-corrected chi connectivity index (χ2v) is 5.25. The lowest BCUT2D eigenvalue weighted by molar-refractivity contribution is -0.142. The van der Waals surface area contributed by atoms with Crippen molar-refractivity contribution < 1.29 is 18.7 Å². The van der Waals surface area contributed by atoms with Gasteiger partial charge in [-0.05, 0) is 49.2 Å². The van der Waals surface area contributed by atoms with E-state index in [2.05, 4.69) is 15.4 Å². The summed E-state index contributed by atoms with van der Waals surface area (Å²) in [6.07, 6.45) is 2.07. The monoisotopic (exact) mass is 330 g/mol. The molecule has 0 spiro atoms. The highest BCUT2D eigenvalue weighted by Crippen LogP contribution is 2.29. The van der Waals surface area contributed by atoms with E-state index < -0.39 is 0 Å². The third kappa shape index (κ3) is 6.08. The maximum absolute atomic E-state index is 12.6. The molecule has 0 unspecified atom stereocenters. The highest BCUT2D eigenvalue weighted by molar-refractivity contribution is 5.99. The van der Waals surface area contributed by atoms with Crippen LogP contribution in [0.25, 0.3) is 0 Å². The number of amides is 2. The predicted octanol–water partition coefficient (Wildman–Crippen LogP) is 4.04. The van der Waals surface area contributed by atoms with Crippen LogP contribution in [0.15, 0.2) is 54.6 Å². The van der Waals surface area contributed by atoms with Gasteiger partial charge in [0, 0.05) is 11.4 Å². The zero-order chi connectivity index (χ0) is 17.4. The van der Waals surface area contributed by atoms with Gasteiger partial charge in [0.05, 0.1) is 13.0 Å². The number of hydrogen-bond acceptors (Lipinski definition) is 3. The number of hydrogen-bond donors (Lipinski definition) is 2. The van der Waals surface area contributed by atoms with Gasteiger partial charge in [0.15, 0.2) is 0 Å². The molecule has 2 aromatic carbocycles. The summed E-state index contributed by atoms with van der Waals surface area (Å²) in [5.74, 6) is -0.121. The van der Waals surface area contributed by atoms with Gasteiger partial charge in [0.1, 0.15) is 5.82 Å². The summed E-state index contributed by atoms with van der Waals surface area (Å²) in [7, 11) is 1.43. The van der Waals surface area contributed by atoms with Gasteiger partial charge in [0.2, 0.25) is 0 Å². The Morgan fingerprint density at radius 2 is 1.50 bits per heavy atom. The second-order valence-electron chi connectivity index (χ2n) is 5.25. The fourth-order valence-corrected chi connectivity index (χ4v) is 1.83. The summed E-state index contributed by atoms with van der Waals surface area (Å²) < 4.78 is 17.1. The third-order valence-corrected chi connectivity index (χ3v) is 3.25. The van der Waals surface area contributed by atoms with E-state index in [-0.39, 0.29) is 23.7 Å². The Labute approximate surface area is 139 Å². The molecule has 0 atom stereocenters. The molecule has 2 aromatic rings. The van der Waals surface area contributed by atoms with Crippen LogP contribution in [-0.2, 0) is 9.53 Å². The quantitative estimate of drug-likeness (QED) is 0.835. The number of urea groups is 1. The van der Waals surface area contributed by atoms with Crippen LogP contribution < -0.4 is 10.6 Å². The number of para-hydroxylation sites is 1. The molecule has 1 aliphatic carbocycles. The zero-order valence-electron chi connectivity index (χ0n) is 13.3. The predicted molar refractivity (Wildman–Crippen MR) is 90.2 cm³/mol. The van der Waals surface area contributed by atoms with Gasteiger partial charge in [-0.1, -0.05) is 18.2 Å². The number of rotatable bonds is 3. The Kier molecular flexibility index (Phi) is 6.31. The summed E-state index contributed by atoms with van der Waals surface area (Å²) in [5, 5.41) is 5.26. The summed E-state index contributed by atoms with van der Waals surface area (Å²) in [6.45, 7) is 0. The lowest BCUT2D eigenvalue weighted by atomic mass is 10.3. The Balaban J connectivity index is 0.000000249. The molecule has 1 aliphatic rings. The minimum absolute atomic E-state index is 0.0417. The molecule has 0 heterocycles. The van der Waals surface area contributed by atoms with E-state index in [0.717, 1.165) is 12.8 Å². The van der Waals surface area contributed by atoms with Crippen molar-refractivity contribution in [2.45, 2.75) is 12.8 Å². The largest absolute Gasteiger partial charge is 0.469 e. The number of methoxy groups -OCH3 is 1. The van der Waals surface area contributed by atoms with Gasteiger partial charge in [-0.2, -0.15) is 0 Å². The molecule has 0 saturated heterocycles. The summed E-state index contributed by atoms with van der Waals surface area (Å²) in [5.41, 5.74) is 1.24. The van der Waals surface area contributed by atoms with E-state index in [1.165, 1.54) is 31.4 Å². The van der Waals surface area contributed by atoms with Gasteiger partial charge < -0.3 is 15.4 Å². The Morgan fingerprint density at radius 3 is 1.96 bits per heavy atom. The van der Waals surface area contributed by atoms with Crippen molar-refractivity contribution in [1.29, 1.82) is 0 Å². The number of halogens is 1. The van der Waals surface area contributed by atoms with Crippen molar-refractivity contribution in [3.8, 4) is 0 Å². The number of nitrogens with one attached hydrogen (secondary N) is 2. The molecule has 2 N–H and O–H groups in total. The van der Waals surface area contributed by atoms with Crippen LogP contribution in [0.3, 0.4) is 0 Å². The molecule has 2 amide bonds. The van der Waals surface area contributed by atoms with Crippen molar-refractivity contribution in [2.75, 3.05) is 17.7 Å². The van der Waals surface area contributed by atoms with Crippen LogP contribution in [0, 0.1) is 11.7 Å². The van der Waals surface area contributed by atoms with Crippen molar-refractivity contribution in [3.63, 3.8) is 0 Å². The lowest BCUT2D eigenvalue weighted by Crippen LogP contribution is -2.19. The van der Waals surface area contributed by atoms with E-state index >= 15 is 0 Å². The Hall–Kier alpha value is -2.89. The number of carbonyl (C=O) groups is 2. The van der Waals surface area contributed by atoms with Gasteiger partial charge in [-0.25, -0.2) is 9.18 Å². The molecule has 0 radical (unpaired) electrons. The number of esters is 1. The van der Waals surface area contributed by atoms with Gasteiger partial charge >= 0.3 is 12.0 Å². The van der Waals surface area contributed by atoms with Crippen molar-refractivity contribution in [2.24, 2.45) is 5.92 Å². The minimum atomic E-state index is -0.359. The second kappa shape index (κ2) is 8.67. The molecule has 3 rings (SSSR count). The van der Waals surface area contributed by atoms with Crippen LogP contribution in [0.5, 0.6) is 0 Å². The molecule has 0 aliphatic heterocycles. The molecular weight excluding hydrogens is 311 g/mol. The number of carbonyl (C=O) groups excluding carboxylic acids is 2. The third-order valence-electron chi connectivity index (χ3n) is 3.25. The molecule has 6 heteroatoms. The van der Waals surface area contributed by atoms with Gasteiger partial charge in [-0.3, -0.25) is 4.79 Å². The van der Waals surface area contributed by atoms with Crippen LogP contribution in [0.4, 0.5) is 20.6 Å². The molecule has 0 aromatic heterocycles. The van der Waals surface area contributed by atoms with E-state index in [4.69, 9.17) is 0 Å². The molecular formula is C18H19FN2O3. The summed E-state index contributed by atoms with van der Waals surface area (Å²) >= 11 is 0. The molecule has 0 bridgehead atoms. The fourth-order valence-electron chi connectivity index (χ4n) is 1.83. The van der Waals surface area contributed by atoms with Crippen LogP contribution in [-0.4, -0.2) is 19.1 Å². The van der Waals surface area contributed by atoms with Crippen molar-refractivity contribution >= 4 is 23.4 Å². The topological polar surface area (TPSA) is 67.4 Å². The molecule has 1 fully saturated rings. The number of ether oxygens (including phenoxy) is 1. The van der Waals surface area contributed by atoms with E-state index in [1.54, 1.807) is 12.1 Å². The summed E-state index contributed by atoms with van der Waals surface area (Å²) in [6, 6.07) is 14.3. The lowest BCUT2D eigenvalue weighted by Gasteiger charge is -2.07. The first kappa shape index (κ1) is 17.5.